The second-order valence-electron chi connectivity index (χ2n) is 5.70. The molecule has 0 saturated carbocycles. The number of nitrogens with zero attached hydrogens (tertiary/aromatic N) is 4. The fraction of sp³-hybridized carbons (Fsp3) is 0.786. The highest BCUT2D eigenvalue weighted by atomic mass is 16.2. The average molecular weight is 279 g/mol. The zero-order chi connectivity index (χ0) is 14.6. The average Bonchev–Trinajstić information content (AvgIpc) is 2.95. The highest BCUT2D eigenvalue weighted by Crippen LogP contribution is 2.37. The van der Waals surface area contributed by atoms with Crippen LogP contribution < -0.4 is 5.73 Å². The molecule has 2 N–H and O–H groups in total. The number of hydrogen-bond donors (Lipinski definition) is 1. The molecule has 0 aliphatic carbocycles. The molecule has 2 rings (SSSR count). The van der Waals surface area contributed by atoms with E-state index in [2.05, 4.69) is 24.2 Å². The summed E-state index contributed by atoms with van der Waals surface area (Å²) in [5.74, 6) is 0.124. The number of likely N-dealkylation sites (tertiary alicyclic amines) is 1. The molecule has 112 valence electrons. The Kier molecular flexibility index (Phi) is 4.75. The van der Waals surface area contributed by atoms with Crippen molar-refractivity contribution in [2.24, 2.45) is 11.1 Å². The smallest absolute Gasteiger partial charge is 0.244 e. The SMILES string of the molecule is CCC1(CC)CCN(C(=O)Cn2cc(CN)nn2)CC1. The van der Waals surface area contributed by atoms with E-state index in [0.29, 0.717) is 17.7 Å². The standard InChI is InChI=1S/C14H25N5O/c1-3-14(4-2)5-7-18(8-6-14)13(20)11-19-10-12(9-15)16-17-19/h10H,3-9,11,15H2,1-2H3. The third kappa shape index (κ3) is 3.17. The minimum absolute atomic E-state index is 0.124. The highest BCUT2D eigenvalue weighted by Gasteiger charge is 2.32. The van der Waals surface area contributed by atoms with Crippen LogP contribution in [0.15, 0.2) is 6.20 Å². The van der Waals surface area contributed by atoms with Crippen molar-refractivity contribution in [3.05, 3.63) is 11.9 Å². The molecule has 0 bridgehead atoms. The van der Waals surface area contributed by atoms with Crippen LogP contribution in [0.3, 0.4) is 0 Å². The van der Waals surface area contributed by atoms with Crippen molar-refractivity contribution in [1.29, 1.82) is 0 Å². The lowest BCUT2D eigenvalue weighted by molar-refractivity contribution is -0.134. The minimum atomic E-state index is 0.124. The predicted molar refractivity (Wildman–Crippen MR) is 76.7 cm³/mol. The Morgan fingerprint density at radius 2 is 2.00 bits per heavy atom. The van der Waals surface area contributed by atoms with Gasteiger partial charge < -0.3 is 10.6 Å². The molecule has 1 fully saturated rings. The number of piperidine rings is 1. The van der Waals surface area contributed by atoms with Crippen LogP contribution in [-0.2, 0) is 17.9 Å². The summed E-state index contributed by atoms with van der Waals surface area (Å²) < 4.78 is 1.58. The monoisotopic (exact) mass is 279 g/mol. The van der Waals surface area contributed by atoms with E-state index in [1.54, 1.807) is 10.9 Å². The van der Waals surface area contributed by atoms with Crippen LogP contribution >= 0.6 is 0 Å². The normalized spacial score (nSPS) is 18.2. The van der Waals surface area contributed by atoms with Crippen molar-refractivity contribution < 1.29 is 4.79 Å². The van der Waals surface area contributed by atoms with Gasteiger partial charge in [-0.05, 0) is 18.3 Å². The molecule has 1 aromatic heterocycles. The quantitative estimate of drug-likeness (QED) is 0.877. The third-order valence-corrected chi connectivity index (χ3v) is 4.77. The predicted octanol–water partition coefficient (Wildman–Crippen LogP) is 1.17. The van der Waals surface area contributed by atoms with Gasteiger partial charge in [0.2, 0.25) is 5.91 Å². The first-order chi connectivity index (χ1) is 9.62. The molecule has 1 aromatic rings. The van der Waals surface area contributed by atoms with Crippen LogP contribution in [0.25, 0.3) is 0 Å². The summed E-state index contributed by atoms with van der Waals surface area (Å²) in [4.78, 5) is 14.2. The number of carbonyl (C=O) groups is 1. The zero-order valence-corrected chi connectivity index (χ0v) is 12.5. The maximum atomic E-state index is 12.3. The molecule has 6 nitrogen and oxygen atoms in total. The van der Waals surface area contributed by atoms with Gasteiger partial charge >= 0.3 is 0 Å². The van der Waals surface area contributed by atoms with Crippen molar-refractivity contribution in [3.8, 4) is 0 Å². The maximum Gasteiger partial charge on any atom is 0.244 e. The first-order valence-corrected chi connectivity index (χ1v) is 7.49. The van der Waals surface area contributed by atoms with Gasteiger partial charge in [-0.15, -0.1) is 5.10 Å². The zero-order valence-electron chi connectivity index (χ0n) is 12.5. The molecule has 1 amide bonds. The van der Waals surface area contributed by atoms with Gasteiger partial charge in [-0.1, -0.05) is 31.9 Å². The summed E-state index contributed by atoms with van der Waals surface area (Å²) in [6.45, 7) is 6.85. The van der Waals surface area contributed by atoms with Crippen molar-refractivity contribution in [3.63, 3.8) is 0 Å². The first kappa shape index (κ1) is 15.0. The van der Waals surface area contributed by atoms with E-state index in [1.807, 2.05) is 4.90 Å². The fourth-order valence-electron chi connectivity index (χ4n) is 2.94. The number of rotatable bonds is 5. The van der Waals surface area contributed by atoms with Crippen molar-refractivity contribution in [2.75, 3.05) is 13.1 Å². The van der Waals surface area contributed by atoms with Crippen molar-refractivity contribution in [1.82, 2.24) is 19.9 Å². The van der Waals surface area contributed by atoms with Crippen LogP contribution in [0.4, 0.5) is 0 Å². The van der Waals surface area contributed by atoms with Gasteiger partial charge in [0.05, 0.1) is 11.9 Å². The molecule has 1 aliphatic heterocycles. The number of aromatic nitrogens is 3. The van der Waals surface area contributed by atoms with Crippen molar-refractivity contribution >= 4 is 5.91 Å². The Bertz CT molecular complexity index is 442. The van der Waals surface area contributed by atoms with E-state index in [0.717, 1.165) is 25.9 Å². The van der Waals surface area contributed by atoms with Crippen LogP contribution in [0, 0.1) is 5.41 Å². The highest BCUT2D eigenvalue weighted by molar-refractivity contribution is 5.76. The summed E-state index contributed by atoms with van der Waals surface area (Å²) in [5.41, 5.74) is 6.64. The first-order valence-electron chi connectivity index (χ1n) is 7.49. The van der Waals surface area contributed by atoms with Gasteiger partial charge in [0, 0.05) is 19.6 Å². The van der Waals surface area contributed by atoms with Crippen molar-refractivity contribution in [2.45, 2.75) is 52.6 Å². The molecule has 1 saturated heterocycles. The Morgan fingerprint density at radius 3 is 2.50 bits per heavy atom. The Balaban J connectivity index is 1.88. The number of carbonyl (C=O) groups excluding carboxylic acids is 1. The van der Waals surface area contributed by atoms with Gasteiger partial charge in [-0.25, -0.2) is 4.68 Å². The lowest BCUT2D eigenvalue weighted by Crippen LogP contribution is -2.44. The summed E-state index contributed by atoms with van der Waals surface area (Å²) in [6, 6.07) is 0. The van der Waals surface area contributed by atoms with Gasteiger partial charge in [-0.3, -0.25) is 4.79 Å². The van der Waals surface area contributed by atoms with E-state index in [-0.39, 0.29) is 12.5 Å². The largest absolute Gasteiger partial charge is 0.341 e. The summed E-state index contributed by atoms with van der Waals surface area (Å²) >= 11 is 0. The molecule has 20 heavy (non-hydrogen) atoms. The molecule has 0 aromatic carbocycles. The van der Waals surface area contributed by atoms with E-state index < -0.39 is 0 Å². The van der Waals surface area contributed by atoms with E-state index >= 15 is 0 Å². The molecule has 0 unspecified atom stereocenters. The van der Waals surface area contributed by atoms with Gasteiger partial charge in [0.25, 0.3) is 0 Å². The molecule has 0 radical (unpaired) electrons. The fourth-order valence-corrected chi connectivity index (χ4v) is 2.94. The molecule has 0 spiro atoms. The Morgan fingerprint density at radius 1 is 1.35 bits per heavy atom. The van der Waals surface area contributed by atoms with E-state index in [4.69, 9.17) is 5.73 Å². The second kappa shape index (κ2) is 6.35. The molecule has 2 heterocycles. The summed E-state index contributed by atoms with van der Waals surface area (Å²) in [7, 11) is 0. The van der Waals surface area contributed by atoms with Gasteiger partial charge in [0.15, 0.2) is 0 Å². The summed E-state index contributed by atoms with van der Waals surface area (Å²) in [6.07, 6.45) is 6.36. The second-order valence-corrected chi connectivity index (χ2v) is 5.70. The number of hydrogen-bond acceptors (Lipinski definition) is 4. The van der Waals surface area contributed by atoms with Crippen LogP contribution in [0.5, 0.6) is 0 Å². The third-order valence-electron chi connectivity index (χ3n) is 4.77. The van der Waals surface area contributed by atoms with Gasteiger partial charge in [-0.2, -0.15) is 0 Å². The Labute approximate surface area is 120 Å². The molecule has 6 heteroatoms. The van der Waals surface area contributed by atoms with E-state index in [1.165, 1.54) is 12.8 Å². The van der Waals surface area contributed by atoms with Crippen LogP contribution in [0.1, 0.15) is 45.2 Å². The topological polar surface area (TPSA) is 77.0 Å². The lowest BCUT2D eigenvalue weighted by Gasteiger charge is -2.41. The van der Waals surface area contributed by atoms with Crippen LogP contribution in [0.2, 0.25) is 0 Å². The minimum Gasteiger partial charge on any atom is -0.341 e. The van der Waals surface area contributed by atoms with Gasteiger partial charge in [0.1, 0.15) is 6.54 Å². The summed E-state index contributed by atoms with van der Waals surface area (Å²) in [5, 5.41) is 7.82. The van der Waals surface area contributed by atoms with Crippen LogP contribution in [-0.4, -0.2) is 38.9 Å². The number of nitrogens with two attached hydrogens (primary N) is 1. The molecule has 0 atom stereocenters. The molecular formula is C14H25N5O. The number of amides is 1. The molecule has 1 aliphatic rings. The maximum absolute atomic E-state index is 12.3. The Hall–Kier alpha value is -1.43. The lowest BCUT2D eigenvalue weighted by atomic mass is 9.74. The van der Waals surface area contributed by atoms with E-state index in [9.17, 15) is 4.79 Å². The molecular weight excluding hydrogens is 254 g/mol.